The van der Waals surface area contributed by atoms with Gasteiger partial charge in [0.15, 0.2) is 5.96 Å². The van der Waals surface area contributed by atoms with E-state index >= 15 is 0 Å². The molecule has 0 radical (unpaired) electrons. The van der Waals surface area contributed by atoms with Crippen LogP contribution >= 0.6 is 35.6 Å². The molecule has 1 aromatic heterocycles. The molecule has 0 amide bonds. The van der Waals surface area contributed by atoms with Crippen molar-refractivity contribution >= 4 is 47.5 Å². The summed E-state index contributed by atoms with van der Waals surface area (Å²) in [5.74, 6) is 0.739. The zero-order valence-electron chi connectivity index (χ0n) is 16.7. The van der Waals surface area contributed by atoms with Gasteiger partial charge in [0.2, 0.25) is 0 Å². The minimum Gasteiger partial charge on any atom is -0.469 e. The van der Waals surface area contributed by atoms with Crippen LogP contribution in [0.3, 0.4) is 0 Å². The number of carbonyl (C=O) groups excluding carboxylic acids is 1. The monoisotopic (exact) mass is 531 g/mol. The normalized spacial score (nSPS) is 15.0. The molecule has 29 heavy (non-hydrogen) atoms. The molecule has 3 rings (SSSR count). The SMILES string of the molecule is CCNC(=NCc1cnn(-c2ccc(Cl)cc2)c1)N1CCC(C(=O)OC)CC1.I. The molecule has 9 heteroatoms. The lowest BCUT2D eigenvalue weighted by molar-refractivity contribution is -0.146. The lowest BCUT2D eigenvalue weighted by atomic mass is 9.97. The van der Waals surface area contributed by atoms with Gasteiger partial charge in [0.05, 0.1) is 31.5 Å². The number of carbonyl (C=O) groups is 1. The van der Waals surface area contributed by atoms with Crippen LogP contribution in [0.2, 0.25) is 5.02 Å². The highest BCUT2D eigenvalue weighted by molar-refractivity contribution is 14.0. The van der Waals surface area contributed by atoms with Crippen LogP contribution in [0.5, 0.6) is 0 Å². The number of guanidine groups is 1. The number of esters is 1. The summed E-state index contributed by atoms with van der Waals surface area (Å²) in [6, 6.07) is 7.55. The molecule has 158 valence electrons. The number of aromatic nitrogens is 2. The van der Waals surface area contributed by atoms with Crippen LogP contribution in [-0.2, 0) is 16.1 Å². The summed E-state index contributed by atoms with van der Waals surface area (Å²) in [4.78, 5) is 18.7. The first-order chi connectivity index (χ1) is 13.6. The Kier molecular flexibility index (Phi) is 9.22. The van der Waals surface area contributed by atoms with Gasteiger partial charge in [-0.1, -0.05) is 11.6 Å². The van der Waals surface area contributed by atoms with E-state index in [9.17, 15) is 4.79 Å². The third-order valence-corrected chi connectivity index (χ3v) is 5.05. The summed E-state index contributed by atoms with van der Waals surface area (Å²) in [6.07, 6.45) is 5.36. The second-order valence-electron chi connectivity index (χ2n) is 6.72. The van der Waals surface area contributed by atoms with E-state index in [0.29, 0.717) is 11.6 Å². The van der Waals surface area contributed by atoms with Crippen LogP contribution in [0, 0.1) is 5.92 Å². The predicted molar refractivity (Wildman–Crippen MR) is 125 cm³/mol. The van der Waals surface area contributed by atoms with Gasteiger partial charge in [-0.2, -0.15) is 5.10 Å². The van der Waals surface area contributed by atoms with Gasteiger partial charge in [0.1, 0.15) is 0 Å². The number of rotatable bonds is 5. The zero-order chi connectivity index (χ0) is 19.9. The van der Waals surface area contributed by atoms with Gasteiger partial charge >= 0.3 is 5.97 Å². The van der Waals surface area contributed by atoms with E-state index in [1.807, 2.05) is 41.3 Å². The minimum atomic E-state index is -0.115. The van der Waals surface area contributed by atoms with Gasteiger partial charge in [-0.3, -0.25) is 4.79 Å². The van der Waals surface area contributed by atoms with E-state index in [4.69, 9.17) is 21.3 Å². The van der Waals surface area contributed by atoms with Crippen LogP contribution in [0.1, 0.15) is 25.3 Å². The molecule has 0 bridgehead atoms. The molecule has 2 heterocycles. The Balaban J connectivity index is 0.00000300. The van der Waals surface area contributed by atoms with Crippen LogP contribution in [0.15, 0.2) is 41.7 Å². The summed E-state index contributed by atoms with van der Waals surface area (Å²) >= 11 is 5.94. The number of nitrogens with zero attached hydrogens (tertiary/aromatic N) is 4. The number of halogens is 2. The average Bonchev–Trinajstić information content (AvgIpc) is 3.20. The lowest BCUT2D eigenvalue weighted by Crippen LogP contribution is -2.46. The number of piperidine rings is 1. The van der Waals surface area contributed by atoms with Gasteiger partial charge in [0, 0.05) is 36.4 Å². The highest BCUT2D eigenvalue weighted by atomic mass is 127. The van der Waals surface area contributed by atoms with Crippen LogP contribution in [0.25, 0.3) is 5.69 Å². The molecular formula is C20H27ClIN5O2. The van der Waals surface area contributed by atoms with Crippen molar-refractivity contribution in [1.29, 1.82) is 0 Å². The Morgan fingerprint density at radius 2 is 2.00 bits per heavy atom. The van der Waals surface area contributed by atoms with Crippen molar-refractivity contribution in [2.45, 2.75) is 26.3 Å². The number of hydrogen-bond acceptors (Lipinski definition) is 4. The van der Waals surface area contributed by atoms with Crippen molar-refractivity contribution < 1.29 is 9.53 Å². The number of hydrogen-bond donors (Lipinski definition) is 1. The third-order valence-electron chi connectivity index (χ3n) is 4.80. The van der Waals surface area contributed by atoms with Crippen LogP contribution in [-0.4, -0.2) is 53.4 Å². The first kappa shape index (κ1) is 23.5. The summed E-state index contributed by atoms with van der Waals surface area (Å²) in [7, 11) is 1.45. The fraction of sp³-hybridized carbons (Fsp3) is 0.450. The smallest absolute Gasteiger partial charge is 0.308 e. The Morgan fingerprint density at radius 3 is 2.62 bits per heavy atom. The Bertz CT molecular complexity index is 817. The largest absolute Gasteiger partial charge is 0.469 e. The second-order valence-corrected chi connectivity index (χ2v) is 7.16. The average molecular weight is 532 g/mol. The Morgan fingerprint density at radius 1 is 1.31 bits per heavy atom. The van der Waals surface area contributed by atoms with Gasteiger partial charge in [-0.05, 0) is 44.0 Å². The highest BCUT2D eigenvalue weighted by Gasteiger charge is 2.26. The summed E-state index contributed by atoms with van der Waals surface area (Å²) < 4.78 is 6.68. The van der Waals surface area contributed by atoms with E-state index < -0.39 is 0 Å². The van der Waals surface area contributed by atoms with E-state index in [0.717, 1.165) is 49.7 Å². The van der Waals surface area contributed by atoms with E-state index in [-0.39, 0.29) is 35.9 Å². The number of nitrogens with one attached hydrogen (secondary N) is 1. The standard InChI is InChI=1S/C20H26ClN5O2.HI/c1-3-22-20(25-10-8-16(9-11-25)19(27)28-2)23-12-15-13-24-26(14-15)18-6-4-17(21)5-7-18;/h4-7,13-14,16H,3,8-12H2,1-2H3,(H,22,23);1H. The molecule has 0 unspecified atom stereocenters. The summed E-state index contributed by atoms with van der Waals surface area (Å²) in [5, 5.41) is 8.45. The molecule has 1 N–H and O–H groups in total. The first-order valence-electron chi connectivity index (χ1n) is 9.51. The zero-order valence-corrected chi connectivity index (χ0v) is 19.8. The fourth-order valence-electron chi connectivity index (χ4n) is 3.26. The van der Waals surface area contributed by atoms with Crippen LogP contribution in [0.4, 0.5) is 0 Å². The third kappa shape index (κ3) is 6.33. The van der Waals surface area contributed by atoms with Gasteiger partial charge < -0.3 is 15.0 Å². The van der Waals surface area contributed by atoms with Gasteiger partial charge in [-0.15, -0.1) is 24.0 Å². The molecule has 7 nitrogen and oxygen atoms in total. The van der Waals surface area contributed by atoms with Crippen molar-refractivity contribution in [2.75, 3.05) is 26.7 Å². The molecule has 0 aliphatic carbocycles. The Labute approximate surface area is 193 Å². The first-order valence-corrected chi connectivity index (χ1v) is 9.89. The number of ether oxygens (including phenoxy) is 1. The lowest BCUT2D eigenvalue weighted by Gasteiger charge is -2.33. The molecule has 0 saturated carbocycles. The van der Waals surface area contributed by atoms with Crippen molar-refractivity contribution in [3.63, 3.8) is 0 Å². The predicted octanol–water partition coefficient (Wildman–Crippen LogP) is 3.49. The van der Waals surface area contributed by atoms with Crippen LogP contribution < -0.4 is 5.32 Å². The maximum absolute atomic E-state index is 11.7. The molecule has 1 fully saturated rings. The van der Waals surface area contributed by atoms with E-state index in [1.165, 1.54) is 7.11 Å². The number of aliphatic imine (C=N–C) groups is 1. The van der Waals surface area contributed by atoms with E-state index in [2.05, 4.69) is 22.2 Å². The van der Waals surface area contributed by atoms with Gasteiger partial charge in [0.25, 0.3) is 0 Å². The molecule has 1 aromatic carbocycles. The summed E-state index contributed by atoms with van der Waals surface area (Å²) in [5.41, 5.74) is 1.98. The second kappa shape index (κ2) is 11.4. The molecule has 0 atom stereocenters. The maximum atomic E-state index is 11.7. The number of likely N-dealkylation sites (tertiary alicyclic amines) is 1. The quantitative estimate of drug-likeness (QED) is 0.277. The summed E-state index contributed by atoms with van der Waals surface area (Å²) in [6.45, 7) is 4.95. The molecule has 1 aliphatic heterocycles. The van der Waals surface area contributed by atoms with E-state index in [1.54, 1.807) is 0 Å². The molecule has 1 saturated heterocycles. The van der Waals surface area contributed by atoms with Crippen molar-refractivity contribution in [2.24, 2.45) is 10.9 Å². The maximum Gasteiger partial charge on any atom is 0.308 e. The van der Waals surface area contributed by atoms with Crippen molar-refractivity contribution in [1.82, 2.24) is 20.0 Å². The molecule has 0 spiro atoms. The fourth-order valence-corrected chi connectivity index (χ4v) is 3.39. The Hall–Kier alpha value is -1.81. The minimum absolute atomic E-state index is 0. The van der Waals surface area contributed by atoms with Crippen molar-refractivity contribution in [3.05, 3.63) is 47.2 Å². The number of methoxy groups -OCH3 is 1. The number of benzene rings is 1. The topological polar surface area (TPSA) is 71.8 Å². The molecule has 2 aromatic rings. The molecule has 1 aliphatic rings. The van der Waals surface area contributed by atoms with Crippen molar-refractivity contribution in [3.8, 4) is 5.69 Å². The molecular weight excluding hydrogens is 505 g/mol. The van der Waals surface area contributed by atoms with Gasteiger partial charge in [-0.25, -0.2) is 9.67 Å². The highest BCUT2D eigenvalue weighted by Crippen LogP contribution is 2.19.